The molecule has 0 bridgehead atoms. The van der Waals surface area contributed by atoms with Gasteiger partial charge in [-0.1, -0.05) is 158 Å². The monoisotopic (exact) mass is 648 g/mol. The summed E-state index contributed by atoms with van der Waals surface area (Å²) in [5.41, 5.74) is 11.6. The highest BCUT2D eigenvalue weighted by Crippen LogP contribution is 2.44. The van der Waals surface area contributed by atoms with Crippen LogP contribution in [0, 0.1) is 0 Å². The maximum absolute atomic E-state index is 5.11. The van der Waals surface area contributed by atoms with Gasteiger partial charge in [0.05, 0.1) is 11.0 Å². The van der Waals surface area contributed by atoms with E-state index >= 15 is 0 Å². The summed E-state index contributed by atoms with van der Waals surface area (Å²) in [5, 5.41) is 7.55. The smallest absolute Gasteiger partial charge is 0.145 e. The molecule has 1 heterocycles. The largest absolute Gasteiger partial charge is 0.292 e. The van der Waals surface area contributed by atoms with Crippen molar-refractivity contribution >= 4 is 43.4 Å². The van der Waals surface area contributed by atoms with Gasteiger partial charge >= 0.3 is 0 Å². The molecule has 0 radical (unpaired) electrons. The fourth-order valence-electron chi connectivity index (χ4n) is 7.82. The molecular formula is C49H32N2. The van der Waals surface area contributed by atoms with Crippen molar-refractivity contribution in [3.8, 4) is 50.5 Å². The Morgan fingerprint density at radius 1 is 0.333 bits per heavy atom. The van der Waals surface area contributed by atoms with E-state index in [-0.39, 0.29) is 0 Å². The number of fused-ring (bicyclic) bond motifs is 4. The second-order valence-electron chi connectivity index (χ2n) is 13.2. The molecule has 0 atom stereocenters. The molecule has 0 amide bonds. The third-order valence-corrected chi connectivity index (χ3v) is 10.2. The van der Waals surface area contributed by atoms with Crippen LogP contribution >= 0.6 is 0 Å². The zero-order chi connectivity index (χ0) is 33.7. The summed E-state index contributed by atoms with van der Waals surface area (Å²) in [6.45, 7) is 0. The summed E-state index contributed by atoms with van der Waals surface area (Å²) in [5.74, 6) is 0.935. The molecule has 0 saturated heterocycles. The zero-order valence-corrected chi connectivity index (χ0v) is 27.9. The van der Waals surface area contributed by atoms with Gasteiger partial charge in [0.2, 0.25) is 0 Å². The fourth-order valence-corrected chi connectivity index (χ4v) is 7.82. The first-order valence-corrected chi connectivity index (χ1v) is 17.5. The van der Waals surface area contributed by atoms with E-state index in [0.29, 0.717) is 0 Å². The molecule has 1 aromatic heterocycles. The Bertz CT molecular complexity index is 2840. The average Bonchev–Trinajstić information content (AvgIpc) is 3.60. The lowest BCUT2D eigenvalue weighted by molar-refractivity contribution is 1.10. The summed E-state index contributed by atoms with van der Waals surface area (Å²) >= 11 is 0. The molecule has 2 heteroatoms. The van der Waals surface area contributed by atoms with Gasteiger partial charge in [0.1, 0.15) is 5.82 Å². The van der Waals surface area contributed by atoms with Crippen LogP contribution < -0.4 is 0 Å². The maximum atomic E-state index is 5.11. The maximum Gasteiger partial charge on any atom is 0.145 e. The van der Waals surface area contributed by atoms with Crippen LogP contribution in [-0.2, 0) is 0 Å². The predicted molar refractivity (Wildman–Crippen MR) is 215 cm³/mol. The molecular weight excluding hydrogens is 617 g/mol. The van der Waals surface area contributed by atoms with E-state index in [4.69, 9.17) is 4.98 Å². The van der Waals surface area contributed by atoms with Crippen LogP contribution in [-0.4, -0.2) is 9.55 Å². The molecule has 0 N–H and O–H groups in total. The van der Waals surface area contributed by atoms with Gasteiger partial charge in [-0.25, -0.2) is 4.98 Å². The van der Waals surface area contributed by atoms with E-state index in [2.05, 4.69) is 199 Å². The molecule has 0 aliphatic heterocycles. The molecule has 9 aromatic carbocycles. The van der Waals surface area contributed by atoms with Crippen LogP contribution in [0.3, 0.4) is 0 Å². The van der Waals surface area contributed by atoms with Gasteiger partial charge in [-0.2, -0.15) is 0 Å². The highest BCUT2D eigenvalue weighted by atomic mass is 15.1. The third-order valence-electron chi connectivity index (χ3n) is 10.2. The lowest BCUT2D eigenvalue weighted by atomic mass is 9.85. The van der Waals surface area contributed by atoms with E-state index in [0.717, 1.165) is 33.7 Å². The number of rotatable bonds is 5. The summed E-state index contributed by atoms with van der Waals surface area (Å²) in [6.07, 6.45) is 0. The minimum absolute atomic E-state index is 0.935. The number of hydrogen-bond acceptors (Lipinski definition) is 1. The van der Waals surface area contributed by atoms with E-state index in [1.165, 1.54) is 60.1 Å². The SMILES string of the molecule is c1ccc(-n2c(-c3cccc(-c4ccc(-c5c6ccccc6c(-c6ccc7ccccc7c6)c6ccccc56)cc4)c3)nc3ccccc32)cc1. The van der Waals surface area contributed by atoms with Gasteiger partial charge in [-0.05, 0) is 102 Å². The van der Waals surface area contributed by atoms with Crippen molar-refractivity contribution in [2.75, 3.05) is 0 Å². The Labute approximate surface area is 296 Å². The molecule has 10 aromatic rings. The van der Waals surface area contributed by atoms with Crippen molar-refractivity contribution in [3.05, 3.63) is 194 Å². The van der Waals surface area contributed by atoms with Crippen molar-refractivity contribution in [3.63, 3.8) is 0 Å². The normalized spacial score (nSPS) is 11.5. The van der Waals surface area contributed by atoms with Crippen molar-refractivity contribution in [1.82, 2.24) is 9.55 Å². The van der Waals surface area contributed by atoms with Crippen molar-refractivity contribution in [1.29, 1.82) is 0 Å². The Kier molecular flexibility index (Phi) is 6.85. The number of imidazole rings is 1. The van der Waals surface area contributed by atoms with Crippen LogP contribution in [0.1, 0.15) is 0 Å². The zero-order valence-electron chi connectivity index (χ0n) is 27.9. The van der Waals surface area contributed by atoms with Gasteiger partial charge in [-0.3, -0.25) is 4.57 Å². The molecule has 0 unspecified atom stereocenters. The molecule has 0 fully saturated rings. The Balaban J connectivity index is 1.09. The standard InChI is InChI=1S/C49H32N2/c1-2-17-40(18-3-1)51-46-24-11-10-23-45(46)50-49(51)39-16-12-15-37(32-39)34-25-28-35(29-26-34)47-41-19-6-8-21-43(41)48(44-22-9-7-20-42(44)47)38-30-27-33-13-4-5-14-36(33)31-38/h1-32H. The second-order valence-corrected chi connectivity index (χ2v) is 13.2. The van der Waals surface area contributed by atoms with Gasteiger partial charge in [0.15, 0.2) is 0 Å². The summed E-state index contributed by atoms with van der Waals surface area (Å²) in [7, 11) is 0. The van der Waals surface area contributed by atoms with Gasteiger partial charge in [0.25, 0.3) is 0 Å². The van der Waals surface area contributed by atoms with Crippen LogP contribution in [0.4, 0.5) is 0 Å². The van der Waals surface area contributed by atoms with E-state index < -0.39 is 0 Å². The van der Waals surface area contributed by atoms with Crippen LogP contribution in [0.5, 0.6) is 0 Å². The first-order chi connectivity index (χ1) is 25.3. The second kappa shape index (κ2) is 12.0. The number of benzene rings is 9. The Morgan fingerprint density at radius 3 is 1.61 bits per heavy atom. The highest BCUT2D eigenvalue weighted by Gasteiger charge is 2.18. The van der Waals surface area contributed by atoms with Crippen molar-refractivity contribution < 1.29 is 0 Å². The molecule has 0 saturated carbocycles. The molecule has 51 heavy (non-hydrogen) atoms. The predicted octanol–water partition coefficient (Wildman–Crippen LogP) is 13.2. The number of aromatic nitrogens is 2. The van der Waals surface area contributed by atoms with Crippen LogP contribution in [0.2, 0.25) is 0 Å². The van der Waals surface area contributed by atoms with E-state index in [1.807, 2.05) is 0 Å². The fraction of sp³-hybridized carbons (Fsp3) is 0. The molecule has 0 aliphatic carbocycles. The molecule has 10 rings (SSSR count). The van der Waals surface area contributed by atoms with Gasteiger partial charge in [0, 0.05) is 11.3 Å². The first-order valence-electron chi connectivity index (χ1n) is 17.5. The van der Waals surface area contributed by atoms with E-state index in [9.17, 15) is 0 Å². The van der Waals surface area contributed by atoms with Gasteiger partial charge in [-0.15, -0.1) is 0 Å². The van der Waals surface area contributed by atoms with Crippen molar-refractivity contribution in [2.24, 2.45) is 0 Å². The quantitative estimate of drug-likeness (QED) is 0.170. The minimum Gasteiger partial charge on any atom is -0.292 e. The summed E-state index contributed by atoms with van der Waals surface area (Å²) in [6, 6.07) is 69.9. The topological polar surface area (TPSA) is 17.8 Å². The average molecular weight is 649 g/mol. The Hall–Kier alpha value is -6.77. The lowest BCUT2D eigenvalue weighted by Gasteiger charge is -2.18. The van der Waals surface area contributed by atoms with Crippen molar-refractivity contribution in [2.45, 2.75) is 0 Å². The van der Waals surface area contributed by atoms with E-state index in [1.54, 1.807) is 0 Å². The van der Waals surface area contributed by atoms with Gasteiger partial charge < -0.3 is 0 Å². The minimum atomic E-state index is 0.935. The summed E-state index contributed by atoms with van der Waals surface area (Å²) < 4.78 is 2.26. The highest BCUT2D eigenvalue weighted by molar-refractivity contribution is 6.21. The van der Waals surface area contributed by atoms with Crippen LogP contribution in [0.25, 0.3) is 93.8 Å². The number of para-hydroxylation sites is 3. The number of nitrogens with zero attached hydrogens (tertiary/aromatic N) is 2. The summed E-state index contributed by atoms with van der Waals surface area (Å²) in [4.78, 5) is 5.11. The Morgan fingerprint density at radius 2 is 0.882 bits per heavy atom. The molecule has 238 valence electrons. The lowest BCUT2D eigenvalue weighted by Crippen LogP contribution is -1.97. The number of hydrogen-bond donors (Lipinski definition) is 0. The third kappa shape index (κ3) is 4.92. The van der Waals surface area contributed by atoms with Crippen LogP contribution in [0.15, 0.2) is 194 Å². The molecule has 0 spiro atoms. The molecule has 2 nitrogen and oxygen atoms in total. The first kappa shape index (κ1) is 29.2. The molecule has 0 aliphatic rings.